The fourth-order valence-corrected chi connectivity index (χ4v) is 5.39. The highest BCUT2D eigenvalue weighted by molar-refractivity contribution is 5.62. The van der Waals surface area contributed by atoms with Gasteiger partial charge in [0.05, 0.1) is 0 Å². The van der Waals surface area contributed by atoms with Crippen molar-refractivity contribution in [2.24, 2.45) is 5.41 Å². The van der Waals surface area contributed by atoms with Gasteiger partial charge in [-0.2, -0.15) is 0 Å². The summed E-state index contributed by atoms with van der Waals surface area (Å²) in [7, 11) is 0. The second-order valence-electron chi connectivity index (χ2n) is 7.11. The maximum atomic E-state index is 2.54. The summed E-state index contributed by atoms with van der Waals surface area (Å²) in [5, 5.41) is 0. The van der Waals surface area contributed by atoms with Gasteiger partial charge in [-0.15, -0.1) is 0 Å². The van der Waals surface area contributed by atoms with Crippen LogP contribution in [-0.2, 0) is 0 Å². The molecule has 19 heavy (non-hydrogen) atoms. The van der Waals surface area contributed by atoms with Gasteiger partial charge in [-0.1, -0.05) is 25.0 Å². The molecule has 0 nitrogen and oxygen atoms in total. The number of rotatable bonds is 0. The molecule has 0 amide bonds. The second-order valence-corrected chi connectivity index (χ2v) is 7.11. The van der Waals surface area contributed by atoms with E-state index in [9.17, 15) is 0 Å². The second kappa shape index (κ2) is 3.53. The smallest absolute Gasteiger partial charge is 0.00893 e. The molecule has 1 fully saturated rings. The maximum Gasteiger partial charge on any atom is 0.00893 e. The van der Waals surface area contributed by atoms with Gasteiger partial charge >= 0.3 is 0 Å². The van der Waals surface area contributed by atoms with Crippen molar-refractivity contribution in [1.82, 2.24) is 0 Å². The average molecular weight is 252 g/mol. The highest BCUT2D eigenvalue weighted by Gasteiger charge is 2.56. The number of fused-ring (bicyclic) bond motifs is 3. The lowest BCUT2D eigenvalue weighted by molar-refractivity contribution is 0.275. The van der Waals surface area contributed by atoms with Crippen LogP contribution in [0.4, 0.5) is 0 Å². The summed E-state index contributed by atoms with van der Waals surface area (Å²) in [4.78, 5) is 0. The molecule has 1 spiro atoms. The molecule has 0 saturated heterocycles. The molecule has 1 aromatic carbocycles. The van der Waals surface area contributed by atoms with Crippen molar-refractivity contribution >= 4 is 0 Å². The zero-order valence-corrected chi connectivity index (χ0v) is 12.6. The van der Waals surface area contributed by atoms with E-state index in [0.29, 0.717) is 5.41 Å². The minimum atomic E-state index is 0.581. The summed E-state index contributed by atoms with van der Waals surface area (Å²) in [6.45, 7) is 9.35. The van der Waals surface area contributed by atoms with Gasteiger partial charge in [0.2, 0.25) is 0 Å². The lowest BCUT2D eigenvalue weighted by Crippen LogP contribution is -2.20. The Kier molecular flexibility index (Phi) is 2.19. The van der Waals surface area contributed by atoms with Gasteiger partial charge in [-0.3, -0.25) is 0 Å². The summed E-state index contributed by atoms with van der Waals surface area (Å²) in [6, 6.07) is 0. The molecule has 2 bridgehead atoms. The third kappa shape index (κ3) is 1.17. The van der Waals surface area contributed by atoms with Crippen molar-refractivity contribution in [1.29, 1.82) is 0 Å². The number of benzene rings is 1. The average Bonchev–Trinajstić information content (AvgIpc) is 3.10. The first-order chi connectivity index (χ1) is 9.08. The van der Waals surface area contributed by atoms with Crippen molar-refractivity contribution in [3.63, 3.8) is 0 Å². The molecule has 3 aliphatic rings. The van der Waals surface area contributed by atoms with Crippen molar-refractivity contribution < 1.29 is 0 Å². The Morgan fingerprint density at radius 1 is 0.737 bits per heavy atom. The monoisotopic (exact) mass is 252 g/mol. The van der Waals surface area contributed by atoms with Gasteiger partial charge in [0.1, 0.15) is 0 Å². The first kappa shape index (κ1) is 11.8. The van der Waals surface area contributed by atoms with Crippen LogP contribution in [0.5, 0.6) is 0 Å². The topological polar surface area (TPSA) is 0 Å². The zero-order valence-electron chi connectivity index (χ0n) is 12.6. The molecular formula is C19H24. The number of hydrogen-bond acceptors (Lipinski definition) is 0. The molecule has 100 valence electrons. The van der Waals surface area contributed by atoms with Crippen molar-refractivity contribution in [2.75, 3.05) is 0 Å². The predicted molar refractivity (Wildman–Crippen MR) is 80.9 cm³/mol. The Balaban J connectivity index is 2.02. The predicted octanol–water partition coefficient (Wildman–Crippen LogP) is 5.23. The van der Waals surface area contributed by atoms with Gasteiger partial charge in [-0.05, 0) is 79.3 Å². The Morgan fingerprint density at radius 3 is 1.58 bits per heavy atom. The molecule has 2 unspecified atom stereocenters. The summed E-state index contributed by atoms with van der Waals surface area (Å²) in [5.74, 6) is 1.46. The summed E-state index contributed by atoms with van der Waals surface area (Å²) in [6.07, 6.45) is 10.9. The first-order valence-corrected chi connectivity index (χ1v) is 7.86. The Hall–Kier alpha value is -1.04. The van der Waals surface area contributed by atoms with Gasteiger partial charge in [-0.25, -0.2) is 0 Å². The SMILES string of the molecule is Cc1c(C)c(C)c2c(c1C)C1C=CC2C12CCCC2. The normalized spacial score (nSPS) is 29.5. The molecule has 0 N–H and O–H groups in total. The Morgan fingerprint density at radius 2 is 1.16 bits per heavy atom. The Labute approximate surface area is 116 Å². The van der Waals surface area contributed by atoms with Gasteiger partial charge in [0, 0.05) is 11.8 Å². The van der Waals surface area contributed by atoms with E-state index in [1.807, 2.05) is 0 Å². The molecule has 0 aliphatic heterocycles. The van der Waals surface area contributed by atoms with Gasteiger partial charge in [0.15, 0.2) is 0 Å². The zero-order chi connectivity index (χ0) is 13.4. The van der Waals surface area contributed by atoms with Gasteiger partial charge in [0.25, 0.3) is 0 Å². The van der Waals surface area contributed by atoms with Crippen molar-refractivity contribution in [3.8, 4) is 0 Å². The van der Waals surface area contributed by atoms with Crippen LogP contribution in [0.2, 0.25) is 0 Å². The van der Waals surface area contributed by atoms with Crippen LogP contribution in [0.1, 0.15) is 70.9 Å². The first-order valence-electron chi connectivity index (χ1n) is 7.86. The van der Waals surface area contributed by atoms with E-state index in [2.05, 4.69) is 39.8 Å². The molecule has 0 radical (unpaired) electrons. The van der Waals surface area contributed by atoms with Crippen LogP contribution in [0.25, 0.3) is 0 Å². The summed E-state index contributed by atoms with van der Waals surface area (Å²) in [5.41, 5.74) is 10.3. The summed E-state index contributed by atoms with van der Waals surface area (Å²) < 4.78 is 0. The minimum Gasteiger partial charge on any atom is -0.0798 e. The third-order valence-corrected chi connectivity index (χ3v) is 6.68. The standard InChI is InChI=1S/C19H24/c1-11-12(2)14(4)18-16-8-7-15(17(18)13(11)3)19(16)9-5-6-10-19/h7-8,15-16H,5-6,9-10H2,1-4H3. The lowest BCUT2D eigenvalue weighted by atomic mass is 9.73. The summed E-state index contributed by atoms with van der Waals surface area (Å²) >= 11 is 0. The van der Waals surface area contributed by atoms with E-state index in [4.69, 9.17) is 0 Å². The van der Waals surface area contributed by atoms with Gasteiger partial charge < -0.3 is 0 Å². The molecule has 0 aromatic heterocycles. The molecule has 0 heteroatoms. The van der Waals surface area contributed by atoms with E-state index in [-0.39, 0.29) is 0 Å². The molecule has 1 saturated carbocycles. The molecule has 3 aliphatic carbocycles. The van der Waals surface area contributed by atoms with E-state index in [0.717, 1.165) is 11.8 Å². The fourth-order valence-electron chi connectivity index (χ4n) is 5.39. The molecule has 2 atom stereocenters. The highest BCUT2D eigenvalue weighted by Crippen LogP contribution is 2.68. The fraction of sp³-hybridized carbons (Fsp3) is 0.579. The van der Waals surface area contributed by atoms with Crippen LogP contribution in [0, 0.1) is 33.1 Å². The van der Waals surface area contributed by atoms with Crippen LogP contribution >= 0.6 is 0 Å². The van der Waals surface area contributed by atoms with Crippen LogP contribution in [-0.4, -0.2) is 0 Å². The number of allylic oxidation sites excluding steroid dienone is 2. The van der Waals surface area contributed by atoms with Crippen LogP contribution in [0.3, 0.4) is 0 Å². The minimum absolute atomic E-state index is 0.581. The van der Waals surface area contributed by atoms with Crippen molar-refractivity contribution in [3.05, 3.63) is 45.5 Å². The van der Waals surface area contributed by atoms with Crippen LogP contribution in [0.15, 0.2) is 12.2 Å². The molecule has 0 heterocycles. The van der Waals surface area contributed by atoms with E-state index < -0.39 is 0 Å². The number of hydrogen-bond donors (Lipinski definition) is 0. The van der Waals surface area contributed by atoms with E-state index in [1.54, 1.807) is 22.3 Å². The largest absolute Gasteiger partial charge is 0.0798 e. The van der Waals surface area contributed by atoms with E-state index in [1.165, 1.54) is 36.8 Å². The van der Waals surface area contributed by atoms with Crippen molar-refractivity contribution in [2.45, 2.75) is 65.2 Å². The Bertz CT molecular complexity index is 550. The quantitative estimate of drug-likeness (QED) is 0.554. The third-order valence-electron chi connectivity index (χ3n) is 6.68. The molecule has 4 rings (SSSR count). The molecular weight excluding hydrogens is 228 g/mol. The van der Waals surface area contributed by atoms with E-state index >= 15 is 0 Å². The molecule has 1 aromatic rings. The highest BCUT2D eigenvalue weighted by atomic mass is 14.6. The lowest BCUT2D eigenvalue weighted by Gasteiger charge is -2.30. The van der Waals surface area contributed by atoms with Crippen LogP contribution < -0.4 is 0 Å². The maximum absolute atomic E-state index is 2.54.